The summed E-state index contributed by atoms with van der Waals surface area (Å²) in [5.41, 5.74) is 11.1. The van der Waals surface area contributed by atoms with Crippen molar-refractivity contribution in [2.24, 2.45) is 4.99 Å². The van der Waals surface area contributed by atoms with Gasteiger partial charge in [0.2, 0.25) is 5.84 Å². The van der Waals surface area contributed by atoms with E-state index in [1.165, 1.54) is 53.2 Å². The fourth-order valence-corrected chi connectivity index (χ4v) is 10.2. The van der Waals surface area contributed by atoms with Crippen LogP contribution in [0.15, 0.2) is 191 Å². The number of nitrogens with two attached hydrogens (primary N) is 1. The molecule has 0 saturated heterocycles. The van der Waals surface area contributed by atoms with E-state index in [2.05, 4.69) is 197 Å². The number of thiophene rings is 1. The Morgan fingerprint density at radius 1 is 0.579 bits per heavy atom. The minimum Gasteiger partial charge on any atom is -0.455 e. The van der Waals surface area contributed by atoms with Crippen molar-refractivity contribution in [3.63, 3.8) is 0 Å². The van der Waals surface area contributed by atoms with Crippen LogP contribution in [0.1, 0.15) is 29.0 Å². The van der Waals surface area contributed by atoms with Gasteiger partial charge < -0.3 is 8.98 Å². The van der Waals surface area contributed by atoms with Crippen molar-refractivity contribution in [1.82, 2.24) is 9.88 Å². The molecule has 0 spiro atoms. The fraction of sp³-hybridized carbons (Fsp3) is 0.0392. The number of furan rings is 1. The number of hydrogen-bond acceptors (Lipinski definition) is 4. The molecular weight excluding hydrogens is 717 g/mol. The van der Waals surface area contributed by atoms with Crippen LogP contribution in [0.4, 0.5) is 0 Å². The smallest absolute Gasteiger partial charge is 0.230 e. The summed E-state index contributed by atoms with van der Waals surface area (Å²) in [4.78, 5) is 5.20. The number of benzene rings is 8. The van der Waals surface area contributed by atoms with Crippen molar-refractivity contribution in [2.45, 2.75) is 12.3 Å². The highest BCUT2D eigenvalue weighted by atomic mass is 32.1. The molecule has 0 radical (unpaired) electrons. The molecule has 57 heavy (non-hydrogen) atoms. The summed E-state index contributed by atoms with van der Waals surface area (Å²) in [5, 5.41) is 13.4. The SMILES string of the molecule is c1ccc(C2=NC(c3ccccc3)NC(c3cccc4oc5c(-c6ccc7sc8c(-n9c%10ccccc%10c%10ccccc%109)cccc8c7c6)cccc5c34)[NH2+]2)cc1. The van der Waals surface area contributed by atoms with E-state index in [0.29, 0.717) is 0 Å². The number of para-hydroxylation sites is 3. The third-order valence-electron chi connectivity index (χ3n) is 11.6. The number of aromatic nitrogens is 1. The predicted molar refractivity (Wildman–Crippen MR) is 236 cm³/mol. The first-order valence-corrected chi connectivity index (χ1v) is 20.3. The molecule has 11 aromatic rings. The maximum atomic E-state index is 6.85. The Labute approximate surface area is 332 Å². The molecule has 2 atom stereocenters. The van der Waals surface area contributed by atoms with Crippen molar-refractivity contribution >= 4 is 81.1 Å². The number of quaternary nitrogens is 1. The first-order valence-electron chi connectivity index (χ1n) is 19.4. The Kier molecular flexibility index (Phi) is 7.32. The maximum Gasteiger partial charge on any atom is 0.230 e. The van der Waals surface area contributed by atoms with Crippen LogP contribution in [0.3, 0.4) is 0 Å². The number of nitrogens with zero attached hydrogens (tertiary/aromatic N) is 2. The summed E-state index contributed by atoms with van der Waals surface area (Å²) in [6.45, 7) is 0. The lowest BCUT2D eigenvalue weighted by Gasteiger charge is -2.28. The topological polar surface area (TPSA) is 59.1 Å². The molecule has 5 nitrogen and oxygen atoms in total. The molecule has 0 fully saturated rings. The lowest BCUT2D eigenvalue weighted by Crippen LogP contribution is -2.93. The zero-order chi connectivity index (χ0) is 37.5. The molecule has 8 aromatic carbocycles. The van der Waals surface area contributed by atoms with Crippen molar-refractivity contribution in [2.75, 3.05) is 0 Å². The molecule has 0 saturated carbocycles. The molecule has 12 rings (SSSR count). The average Bonchev–Trinajstić information content (AvgIpc) is 3.96. The van der Waals surface area contributed by atoms with Crippen molar-refractivity contribution in [3.05, 3.63) is 199 Å². The molecule has 6 heteroatoms. The highest BCUT2D eigenvalue weighted by molar-refractivity contribution is 7.26. The van der Waals surface area contributed by atoms with Crippen LogP contribution in [-0.2, 0) is 0 Å². The minimum absolute atomic E-state index is 0.0895. The van der Waals surface area contributed by atoms with Crippen LogP contribution in [0, 0.1) is 0 Å². The monoisotopic (exact) mass is 751 g/mol. The van der Waals surface area contributed by atoms with Gasteiger partial charge in [-0.2, -0.15) is 0 Å². The van der Waals surface area contributed by atoms with Gasteiger partial charge in [-0.3, -0.25) is 5.32 Å². The van der Waals surface area contributed by atoms with Gasteiger partial charge in [0.1, 0.15) is 17.3 Å². The minimum atomic E-state index is -0.192. The molecule has 1 aliphatic heterocycles. The van der Waals surface area contributed by atoms with E-state index in [0.717, 1.165) is 50.0 Å². The summed E-state index contributed by atoms with van der Waals surface area (Å²) in [6, 6.07) is 65.1. The number of amidine groups is 1. The first-order chi connectivity index (χ1) is 28.3. The summed E-state index contributed by atoms with van der Waals surface area (Å²) < 4.78 is 11.8. The molecule has 270 valence electrons. The normalized spacial score (nSPS) is 16.0. The Morgan fingerprint density at radius 3 is 2.07 bits per heavy atom. The second-order valence-electron chi connectivity index (χ2n) is 14.8. The lowest BCUT2D eigenvalue weighted by molar-refractivity contribution is -0.600. The zero-order valence-corrected chi connectivity index (χ0v) is 31.6. The summed E-state index contributed by atoms with van der Waals surface area (Å²) in [5.74, 6) is 0.983. The summed E-state index contributed by atoms with van der Waals surface area (Å²) in [7, 11) is 0. The number of fused-ring (bicyclic) bond motifs is 9. The Bertz CT molecular complexity index is 3320. The average molecular weight is 752 g/mol. The van der Waals surface area contributed by atoms with E-state index < -0.39 is 0 Å². The third-order valence-corrected chi connectivity index (χ3v) is 12.8. The number of aliphatic imine (C=N–C) groups is 1. The van der Waals surface area contributed by atoms with Gasteiger partial charge in [0.05, 0.1) is 27.0 Å². The summed E-state index contributed by atoms with van der Waals surface area (Å²) in [6.07, 6.45) is -0.281. The van der Waals surface area contributed by atoms with Crippen molar-refractivity contribution in [1.29, 1.82) is 0 Å². The van der Waals surface area contributed by atoms with Crippen LogP contribution in [0.25, 0.3) is 80.7 Å². The first kappa shape index (κ1) is 32.4. The number of hydrogen-bond donors (Lipinski definition) is 2. The van der Waals surface area contributed by atoms with E-state index in [1.807, 2.05) is 11.3 Å². The van der Waals surface area contributed by atoms with E-state index in [4.69, 9.17) is 9.41 Å². The van der Waals surface area contributed by atoms with Crippen LogP contribution in [-0.4, -0.2) is 10.4 Å². The summed E-state index contributed by atoms with van der Waals surface area (Å²) >= 11 is 1.87. The van der Waals surface area contributed by atoms with Crippen LogP contribution >= 0.6 is 11.3 Å². The second kappa shape index (κ2) is 12.9. The molecule has 3 aromatic heterocycles. The van der Waals surface area contributed by atoms with Gasteiger partial charge in [0.15, 0.2) is 6.17 Å². The number of nitrogens with one attached hydrogen (secondary N) is 1. The third kappa shape index (κ3) is 5.12. The molecule has 0 aliphatic carbocycles. The largest absolute Gasteiger partial charge is 0.455 e. The van der Waals surface area contributed by atoms with Gasteiger partial charge in [-0.15, -0.1) is 11.3 Å². The standard InChI is InChI=1S/C51H34N4OS/c1-3-14-31(15-4-1)49-52-50(32-16-5-2-6-17-32)54-51(53-49)39-23-13-27-44-46(39)38-22-11-20-34(47(38)56-44)33-28-29-45-40(30-33)37-21-12-26-43(48(37)57-45)55-41-24-9-7-18-35(41)36-19-8-10-25-42(36)55/h1-30,49,51,53H,(H,52,54)/p+1. The van der Waals surface area contributed by atoms with E-state index in [-0.39, 0.29) is 12.3 Å². The van der Waals surface area contributed by atoms with Gasteiger partial charge in [0.25, 0.3) is 0 Å². The van der Waals surface area contributed by atoms with Gasteiger partial charge in [-0.05, 0) is 59.7 Å². The molecule has 0 bridgehead atoms. The second-order valence-corrected chi connectivity index (χ2v) is 15.9. The van der Waals surface area contributed by atoms with Gasteiger partial charge in [0, 0.05) is 48.1 Å². The van der Waals surface area contributed by atoms with Crippen LogP contribution in [0.2, 0.25) is 0 Å². The van der Waals surface area contributed by atoms with Crippen LogP contribution in [0.5, 0.6) is 0 Å². The van der Waals surface area contributed by atoms with E-state index in [1.54, 1.807) is 0 Å². The van der Waals surface area contributed by atoms with Gasteiger partial charge in [-0.1, -0.05) is 133 Å². The van der Waals surface area contributed by atoms with Gasteiger partial charge in [-0.25, -0.2) is 10.3 Å². The highest BCUT2D eigenvalue weighted by Gasteiger charge is 2.32. The molecule has 1 aliphatic rings. The highest BCUT2D eigenvalue weighted by Crippen LogP contribution is 2.44. The number of rotatable bonds is 5. The molecule has 3 N–H and O–H groups in total. The molecule has 4 heterocycles. The maximum absolute atomic E-state index is 6.85. The molecule has 0 amide bonds. The Balaban J connectivity index is 0.989. The zero-order valence-electron chi connectivity index (χ0n) is 30.8. The van der Waals surface area contributed by atoms with E-state index >= 15 is 0 Å². The van der Waals surface area contributed by atoms with E-state index in [9.17, 15) is 0 Å². The lowest BCUT2D eigenvalue weighted by atomic mass is 9.98. The Hall–Kier alpha value is -6.83. The molecular formula is C51H35N4OS+. The Morgan fingerprint density at radius 2 is 1.26 bits per heavy atom. The predicted octanol–water partition coefficient (Wildman–Crippen LogP) is 12.0. The van der Waals surface area contributed by atoms with Crippen molar-refractivity contribution in [3.8, 4) is 16.8 Å². The van der Waals surface area contributed by atoms with Crippen molar-refractivity contribution < 1.29 is 9.73 Å². The van der Waals surface area contributed by atoms with Crippen LogP contribution < -0.4 is 10.6 Å². The molecule has 2 unspecified atom stereocenters. The fourth-order valence-electron chi connectivity index (χ4n) is 9.03. The van der Waals surface area contributed by atoms with Gasteiger partial charge >= 0.3 is 0 Å². The quantitative estimate of drug-likeness (QED) is 0.184.